The van der Waals surface area contributed by atoms with Gasteiger partial charge in [0.1, 0.15) is 0 Å². The quantitative estimate of drug-likeness (QED) is 0.899. The zero-order valence-corrected chi connectivity index (χ0v) is 12.7. The molecule has 4 nitrogen and oxygen atoms in total. The lowest BCUT2D eigenvalue weighted by Gasteiger charge is -2.07. The molecule has 0 saturated heterocycles. The van der Waals surface area contributed by atoms with Gasteiger partial charge in [-0.05, 0) is 24.3 Å². The lowest BCUT2D eigenvalue weighted by molar-refractivity contribution is 0.601. The zero-order valence-electron chi connectivity index (χ0n) is 9.56. The molecule has 0 aliphatic heterocycles. The Balaban J connectivity index is 2.30. The molecule has 0 fully saturated rings. The van der Waals surface area contributed by atoms with E-state index in [4.69, 9.17) is 28.9 Å². The van der Waals surface area contributed by atoms with Crippen LogP contribution in [0.5, 0.6) is 0 Å². The van der Waals surface area contributed by atoms with Crippen LogP contribution in [0.4, 0.5) is 5.69 Å². The molecule has 0 bridgehead atoms. The summed E-state index contributed by atoms with van der Waals surface area (Å²) in [5.41, 5.74) is 5.78. The van der Waals surface area contributed by atoms with Crippen molar-refractivity contribution < 1.29 is 8.42 Å². The maximum atomic E-state index is 12.1. The van der Waals surface area contributed by atoms with E-state index in [0.29, 0.717) is 22.3 Å². The van der Waals surface area contributed by atoms with Crippen LogP contribution in [0.15, 0.2) is 34.5 Å². The van der Waals surface area contributed by atoms with Crippen LogP contribution in [0, 0.1) is 0 Å². The summed E-state index contributed by atoms with van der Waals surface area (Å²) >= 11 is 12.9. The van der Waals surface area contributed by atoms with Gasteiger partial charge in [-0.15, -0.1) is 11.3 Å². The van der Waals surface area contributed by atoms with E-state index in [2.05, 4.69) is 4.72 Å². The summed E-state index contributed by atoms with van der Waals surface area (Å²) in [6.07, 6.45) is 0. The fourth-order valence-electron chi connectivity index (χ4n) is 1.44. The molecule has 1 heterocycles. The van der Waals surface area contributed by atoms with E-state index in [1.165, 1.54) is 34.9 Å². The lowest BCUT2D eigenvalue weighted by Crippen LogP contribution is -2.12. The van der Waals surface area contributed by atoms with Gasteiger partial charge in [0.2, 0.25) is 0 Å². The van der Waals surface area contributed by atoms with E-state index in [1.54, 1.807) is 6.07 Å². The van der Waals surface area contributed by atoms with E-state index in [9.17, 15) is 8.42 Å². The molecular formula is C11H10Cl2N2O2S2. The molecule has 0 aliphatic rings. The number of thiophene rings is 1. The maximum Gasteiger partial charge on any atom is 0.262 e. The Morgan fingerprint density at radius 3 is 2.32 bits per heavy atom. The molecule has 2 rings (SSSR count). The smallest absolute Gasteiger partial charge is 0.262 e. The second-order valence-corrected chi connectivity index (χ2v) is 7.27. The Bertz CT molecular complexity index is 678. The number of hydrogen-bond acceptors (Lipinski definition) is 4. The molecule has 3 N–H and O–H groups in total. The molecule has 0 amide bonds. The molecule has 0 unspecified atom stereocenters. The predicted octanol–water partition coefficient (Wildman–Crippen LogP) is 3.31. The van der Waals surface area contributed by atoms with Gasteiger partial charge >= 0.3 is 0 Å². The molecule has 0 radical (unpaired) electrons. The Morgan fingerprint density at radius 1 is 1.16 bits per heavy atom. The average Bonchev–Trinajstić information content (AvgIpc) is 2.75. The molecule has 0 spiro atoms. The predicted molar refractivity (Wildman–Crippen MR) is 79.5 cm³/mol. The van der Waals surface area contributed by atoms with Gasteiger partial charge in [0, 0.05) is 26.8 Å². The monoisotopic (exact) mass is 336 g/mol. The van der Waals surface area contributed by atoms with Crippen molar-refractivity contribution in [1.29, 1.82) is 0 Å². The zero-order chi connectivity index (χ0) is 14.0. The summed E-state index contributed by atoms with van der Waals surface area (Å²) in [5, 5.41) is 2.26. The van der Waals surface area contributed by atoms with E-state index < -0.39 is 10.0 Å². The van der Waals surface area contributed by atoms with E-state index in [-0.39, 0.29) is 4.90 Å². The van der Waals surface area contributed by atoms with Gasteiger partial charge in [-0.1, -0.05) is 23.2 Å². The van der Waals surface area contributed by atoms with Crippen molar-refractivity contribution in [3.05, 3.63) is 44.6 Å². The van der Waals surface area contributed by atoms with Crippen LogP contribution in [0.1, 0.15) is 4.88 Å². The minimum atomic E-state index is -3.65. The first-order valence-corrected chi connectivity index (χ1v) is 8.29. The number of anilines is 1. The molecule has 2 aromatic rings. The standard InChI is InChI=1S/C11H10Cl2N2O2S2/c12-7-1-8(13)3-9(2-7)15-19(16,17)11-4-10(5-14)18-6-11/h1-4,6,15H,5,14H2. The topological polar surface area (TPSA) is 72.2 Å². The second kappa shape index (κ2) is 5.68. The van der Waals surface area contributed by atoms with Gasteiger partial charge in [0.05, 0.1) is 10.6 Å². The molecule has 0 atom stereocenters. The van der Waals surface area contributed by atoms with E-state index >= 15 is 0 Å². The second-order valence-electron chi connectivity index (χ2n) is 3.72. The third-order valence-corrected chi connectivity index (χ3v) is 5.16. The number of nitrogens with two attached hydrogens (primary N) is 1. The van der Waals surface area contributed by atoms with E-state index in [0.717, 1.165) is 4.88 Å². The third kappa shape index (κ3) is 3.61. The summed E-state index contributed by atoms with van der Waals surface area (Å²) in [4.78, 5) is 0.971. The van der Waals surface area contributed by atoms with Gasteiger partial charge in [0.25, 0.3) is 10.0 Å². The number of benzene rings is 1. The third-order valence-electron chi connectivity index (χ3n) is 2.26. The lowest BCUT2D eigenvalue weighted by atomic mass is 10.3. The summed E-state index contributed by atoms with van der Waals surface area (Å²) in [5.74, 6) is 0. The van der Waals surface area contributed by atoms with Crippen LogP contribution in [0.3, 0.4) is 0 Å². The Morgan fingerprint density at radius 2 is 1.79 bits per heavy atom. The van der Waals surface area contributed by atoms with Crippen LogP contribution in [-0.4, -0.2) is 8.42 Å². The first-order valence-electron chi connectivity index (χ1n) is 5.17. The summed E-state index contributed by atoms with van der Waals surface area (Å²) in [6, 6.07) is 6.04. The van der Waals surface area contributed by atoms with E-state index in [1.807, 2.05) is 0 Å². The van der Waals surface area contributed by atoms with Crippen LogP contribution in [-0.2, 0) is 16.6 Å². The largest absolute Gasteiger partial charge is 0.326 e. The molecule has 19 heavy (non-hydrogen) atoms. The average molecular weight is 337 g/mol. The van der Waals surface area contributed by atoms with Crippen LogP contribution in [0.2, 0.25) is 10.0 Å². The van der Waals surface area contributed by atoms with Crippen LogP contribution >= 0.6 is 34.5 Å². The number of halogens is 2. The Kier molecular flexibility index (Phi) is 4.37. The molecular weight excluding hydrogens is 327 g/mol. The number of rotatable bonds is 4. The molecule has 0 saturated carbocycles. The van der Waals surface area contributed by atoms with Crippen molar-refractivity contribution in [3.8, 4) is 0 Å². The van der Waals surface area contributed by atoms with Crippen molar-refractivity contribution in [3.63, 3.8) is 0 Å². The normalized spacial score (nSPS) is 11.5. The first-order chi connectivity index (χ1) is 8.90. The highest BCUT2D eigenvalue weighted by molar-refractivity contribution is 7.92. The van der Waals surface area contributed by atoms with Crippen molar-refractivity contribution >= 4 is 50.2 Å². The summed E-state index contributed by atoms with van der Waals surface area (Å²) in [7, 11) is -3.65. The summed E-state index contributed by atoms with van der Waals surface area (Å²) < 4.78 is 26.7. The molecule has 8 heteroatoms. The maximum absolute atomic E-state index is 12.1. The highest BCUT2D eigenvalue weighted by Gasteiger charge is 2.16. The minimum Gasteiger partial charge on any atom is -0.326 e. The van der Waals surface area contributed by atoms with Gasteiger partial charge in [-0.3, -0.25) is 4.72 Å². The fraction of sp³-hybridized carbons (Fsp3) is 0.0909. The molecule has 0 aliphatic carbocycles. The fourth-order valence-corrected chi connectivity index (χ4v) is 4.16. The van der Waals surface area contributed by atoms with Crippen molar-refractivity contribution in [2.45, 2.75) is 11.4 Å². The van der Waals surface area contributed by atoms with Gasteiger partial charge in [-0.2, -0.15) is 0 Å². The Hall–Kier alpha value is -0.790. The number of nitrogens with one attached hydrogen (secondary N) is 1. The molecule has 102 valence electrons. The van der Waals surface area contributed by atoms with Gasteiger partial charge in [0.15, 0.2) is 0 Å². The summed E-state index contributed by atoms with van der Waals surface area (Å²) in [6.45, 7) is 0.309. The van der Waals surface area contributed by atoms with Crippen LogP contribution < -0.4 is 10.5 Å². The number of sulfonamides is 1. The number of hydrogen-bond donors (Lipinski definition) is 2. The SMILES string of the molecule is NCc1cc(S(=O)(=O)Nc2cc(Cl)cc(Cl)c2)cs1. The highest BCUT2D eigenvalue weighted by atomic mass is 35.5. The molecule has 1 aromatic carbocycles. The first kappa shape index (κ1) is 14.6. The van der Waals surface area contributed by atoms with Crippen molar-refractivity contribution in [2.75, 3.05) is 4.72 Å². The van der Waals surface area contributed by atoms with Gasteiger partial charge in [-0.25, -0.2) is 8.42 Å². The van der Waals surface area contributed by atoms with Crippen molar-refractivity contribution in [2.24, 2.45) is 5.73 Å². The minimum absolute atomic E-state index is 0.175. The highest BCUT2D eigenvalue weighted by Crippen LogP contribution is 2.26. The molecule has 1 aromatic heterocycles. The van der Waals surface area contributed by atoms with Gasteiger partial charge < -0.3 is 5.73 Å². The van der Waals surface area contributed by atoms with Crippen molar-refractivity contribution in [1.82, 2.24) is 0 Å². The van der Waals surface area contributed by atoms with Crippen LogP contribution in [0.25, 0.3) is 0 Å². The Labute approximate surface area is 125 Å².